The number of ether oxygens (including phenoxy) is 1. The standard InChI is InChI=1S/C19H16Cl2N2O3/c1-10-7-8-15(25-3)14(9-10)22-19(24)16-11(2)26-23-18(16)17-12(20)5-4-6-13(17)21/h4-9H,1-3H3,(H,22,24). The Bertz CT molecular complexity index is 963. The number of hydrogen-bond acceptors (Lipinski definition) is 4. The van der Waals surface area contributed by atoms with Crippen molar-refractivity contribution in [1.82, 2.24) is 5.16 Å². The molecule has 0 saturated carbocycles. The first-order valence-electron chi connectivity index (χ1n) is 7.79. The zero-order valence-electron chi connectivity index (χ0n) is 14.4. The number of carbonyl (C=O) groups is 1. The summed E-state index contributed by atoms with van der Waals surface area (Å²) in [6.07, 6.45) is 0. The van der Waals surface area contributed by atoms with E-state index in [1.54, 1.807) is 38.3 Å². The summed E-state index contributed by atoms with van der Waals surface area (Å²) in [5, 5.41) is 7.60. The van der Waals surface area contributed by atoms with E-state index in [9.17, 15) is 4.79 Å². The van der Waals surface area contributed by atoms with Crippen LogP contribution in [0.4, 0.5) is 5.69 Å². The minimum atomic E-state index is -0.390. The molecule has 0 unspecified atom stereocenters. The number of halogens is 2. The van der Waals surface area contributed by atoms with Gasteiger partial charge < -0.3 is 14.6 Å². The van der Waals surface area contributed by atoms with Crippen molar-refractivity contribution >= 4 is 34.8 Å². The highest BCUT2D eigenvalue weighted by atomic mass is 35.5. The highest BCUT2D eigenvalue weighted by molar-refractivity contribution is 6.39. The van der Waals surface area contributed by atoms with Crippen LogP contribution in [0.15, 0.2) is 40.9 Å². The lowest BCUT2D eigenvalue weighted by Crippen LogP contribution is -2.14. The normalized spacial score (nSPS) is 10.7. The maximum absolute atomic E-state index is 12.9. The molecule has 26 heavy (non-hydrogen) atoms. The number of carbonyl (C=O) groups excluding carboxylic acids is 1. The summed E-state index contributed by atoms with van der Waals surface area (Å²) >= 11 is 12.5. The predicted octanol–water partition coefficient (Wildman–Crippen LogP) is 5.53. The average Bonchev–Trinajstić information content (AvgIpc) is 2.96. The molecule has 0 fully saturated rings. The number of anilines is 1. The predicted molar refractivity (Wildman–Crippen MR) is 102 cm³/mol. The van der Waals surface area contributed by atoms with E-state index >= 15 is 0 Å². The fourth-order valence-electron chi connectivity index (χ4n) is 2.64. The smallest absolute Gasteiger partial charge is 0.261 e. The van der Waals surface area contributed by atoms with Crippen molar-refractivity contribution in [3.63, 3.8) is 0 Å². The van der Waals surface area contributed by atoms with Gasteiger partial charge in [0.25, 0.3) is 5.91 Å². The Kier molecular flexibility index (Phi) is 5.20. The SMILES string of the molecule is COc1ccc(C)cc1NC(=O)c1c(-c2c(Cl)cccc2Cl)noc1C. The number of nitrogens with one attached hydrogen (secondary N) is 1. The molecule has 5 nitrogen and oxygen atoms in total. The molecule has 0 aliphatic heterocycles. The Morgan fingerprint density at radius 3 is 2.50 bits per heavy atom. The fourth-order valence-corrected chi connectivity index (χ4v) is 3.22. The van der Waals surface area contributed by atoms with E-state index in [2.05, 4.69) is 10.5 Å². The lowest BCUT2D eigenvalue weighted by atomic mass is 10.1. The van der Waals surface area contributed by atoms with Gasteiger partial charge in [-0.3, -0.25) is 4.79 Å². The molecule has 0 saturated heterocycles. The molecule has 1 aromatic heterocycles. The van der Waals surface area contributed by atoms with Crippen LogP contribution in [0.25, 0.3) is 11.3 Å². The molecule has 0 bridgehead atoms. The third-order valence-corrected chi connectivity index (χ3v) is 4.52. The summed E-state index contributed by atoms with van der Waals surface area (Å²) < 4.78 is 10.5. The van der Waals surface area contributed by atoms with Crippen LogP contribution in [0.3, 0.4) is 0 Å². The minimum Gasteiger partial charge on any atom is -0.495 e. The first kappa shape index (κ1) is 18.3. The number of nitrogens with zero attached hydrogens (tertiary/aromatic N) is 1. The zero-order chi connectivity index (χ0) is 18.8. The van der Waals surface area contributed by atoms with Gasteiger partial charge in [0, 0.05) is 5.56 Å². The number of amides is 1. The van der Waals surface area contributed by atoms with E-state index < -0.39 is 5.91 Å². The second-order valence-corrected chi connectivity index (χ2v) is 6.53. The Labute approximate surface area is 160 Å². The highest BCUT2D eigenvalue weighted by Crippen LogP contribution is 2.37. The fraction of sp³-hybridized carbons (Fsp3) is 0.158. The van der Waals surface area contributed by atoms with E-state index in [0.717, 1.165) is 5.56 Å². The highest BCUT2D eigenvalue weighted by Gasteiger charge is 2.25. The van der Waals surface area contributed by atoms with Crippen molar-refractivity contribution in [3.05, 3.63) is 63.3 Å². The van der Waals surface area contributed by atoms with Crippen LogP contribution in [0.5, 0.6) is 5.75 Å². The Hall–Kier alpha value is -2.50. The summed E-state index contributed by atoms with van der Waals surface area (Å²) in [7, 11) is 1.54. The average molecular weight is 391 g/mol. The van der Waals surface area contributed by atoms with Crippen LogP contribution < -0.4 is 10.1 Å². The third-order valence-electron chi connectivity index (χ3n) is 3.89. The zero-order valence-corrected chi connectivity index (χ0v) is 15.9. The molecule has 1 N–H and O–H groups in total. The van der Waals surface area contributed by atoms with Gasteiger partial charge in [-0.15, -0.1) is 0 Å². The first-order chi connectivity index (χ1) is 12.4. The number of hydrogen-bond donors (Lipinski definition) is 1. The molecule has 0 aliphatic rings. The number of benzene rings is 2. The lowest BCUT2D eigenvalue weighted by molar-refractivity contribution is 0.102. The summed E-state index contributed by atoms with van der Waals surface area (Å²) in [6, 6.07) is 10.6. The van der Waals surface area contributed by atoms with Gasteiger partial charge in [0.1, 0.15) is 22.8 Å². The molecular formula is C19H16Cl2N2O3. The van der Waals surface area contributed by atoms with Gasteiger partial charge in [-0.05, 0) is 43.7 Å². The van der Waals surface area contributed by atoms with Crippen molar-refractivity contribution in [2.45, 2.75) is 13.8 Å². The number of rotatable bonds is 4. The maximum atomic E-state index is 12.9. The van der Waals surface area contributed by atoms with Crippen LogP contribution >= 0.6 is 23.2 Å². The Morgan fingerprint density at radius 2 is 1.85 bits per heavy atom. The molecule has 134 valence electrons. The van der Waals surface area contributed by atoms with E-state index in [-0.39, 0.29) is 5.56 Å². The van der Waals surface area contributed by atoms with Crippen LogP contribution in [0.2, 0.25) is 10.0 Å². The molecule has 0 radical (unpaired) electrons. The monoisotopic (exact) mass is 390 g/mol. The number of aromatic nitrogens is 1. The quantitative estimate of drug-likeness (QED) is 0.636. The third kappa shape index (κ3) is 3.41. The van der Waals surface area contributed by atoms with Gasteiger partial charge in [-0.1, -0.05) is 40.5 Å². The summed E-state index contributed by atoms with van der Waals surface area (Å²) in [5.74, 6) is 0.522. The maximum Gasteiger partial charge on any atom is 0.261 e. The molecule has 1 amide bonds. The molecule has 0 spiro atoms. The van der Waals surface area contributed by atoms with Crippen LogP contribution in [0, 0.1) is 13.8 Å². The molecule has 3 aromatic rings. The van der Waals surface area contributed by atoms with E-state index in [0.29, 0.717) is 38.5 Å². The Morgan fingerprint density at radius 1 is 1.15 bits per heavy atom. The largest absolute Gasteiger partial charge is 0.495 e. The number of aryl methyl sites for hydroxylation is 2. The van der Waals surface area contributed by atoms with Crippen molar-refractivity contribution in [1.29, 1.82) is 0 Å². The second kappa shape index (κ2) is 7.40. The molecule has 7 heteroatoms. The van der Waals surface area contributed by atoms with Gasteiger partial charge in [0.2, 0.25) is 0 Å². The molecular weight excluding hydrogens is 375 g/mol. The molecule has 0 aliphatic carbocycles. The van der Waals surface area contributed by atoms with Crippen molar-refractivity contribution in [2.24, 2.45) is 0 Å². The van der Waals surface area contributed by atoms with E-state index in [4.69, 9.17) is 32.5 Å². The number of methoxy groups -OCH3 is 1. The topological polar surface area (TPSA) is 64.4 Å². The second-order valence-electron chi connectivity index (χ2n) is 5.72. The van der Waals surface area contributed by atoms with Crippen molar-refractivity contribution < 1.29 is 14.1 Å². The van der Waals surface area contributed by atoms with E-state index in [1.807, 2.05) is 19.1 Å². The molecule has 3 rings (SSSR count). The first-order valence-corrected chi connectivity index (χ1v) is 8.54. The Balaban J connectivity index is 2.05. The molecule has 2 aromatic carbocycles. The van der Waals surface area contributed by atoms with Gasteiger partial charge in [0.15, 0.2) is 0 Å². The van der Waals surface area contributed by atoms with Crippen molar-refractivity contribution in [3.8, 4) is 17.0 Å². The van der Waals surface area contributed by atoms with E-state index in [1.165, 1.54) is 0 Å². The minimum absolute atomic E-state index is 0.267. The van der Waals surface area contributed by atoms with Crippen LogP contribution in [-0.4, -0.2) is 18.2 Å². The van der Waals surface area contributed by atoms with Crippen LogP contribution in [-0.2, 0) is 0 Å². The van der Waals surface area contributed by atoms with Gasteiger partial charge in [-0.2, -0.15) is 0 Å². The van der Waals surface area contributed by atoms with Crippen molar-refractivity contribution in [2.75, 3.05) is 12.4 Å². The summed E-state index contributed by atoms with van der Waals surface area (Å²) in [5.41, 5.74) is 2.55. The van der Waals surface area contributed by atoms with Gasteiger partial charge >= 0.3 is 0 Å². The van der Waals surface area contributed by atoms with Gasteiger partial charge in [0.05, 0.1) is 22.8 Å². The summed E-state index contributed by atoms with van der Waals surface area (Å²) in [6.45, 7) is 3.58. The summed E-state index contributed by atoms with van der Waals surface area (Å²) in [4.78, 5) is 12.9. The van der Waals surface area contributed by atoms with Gasteiger partial charge in [-0.25, -0.2) is 0 Å². The lowest BCUT2D eigenvalue weighted by Gasteiger charge is -2.11. The van der Waals surface area contributed by atoms with Crippen LogP contribution in [0.1, 0.15) is 21.7 Å². The molecule has 1 heterocycles. The molecule has 0 atom stereocenters.